The number of hydrogen-bond acceptors (Lipinski definition) is 8. The summed E-state index contributed by atoms with van der Waals surface area (Å²) in [6.07, 6.45) is 2.40. The van der Waals surface area contributed by atoms with Crippen molar-refractivity contribution in [1.29, 1.82) is 0 Å². The van der Waals surface area contributed by atoms with Crippen molar-refractivity contribution in [2.24, 2.45) is 0 Å². The Morgan fingerprint density at radius 3 is 2.69 bits per heavy atom. The van der Waals surface area contributed by atoms with E-state index < -0.39 is 15.9 Å². The number of rotatable bonds is 6. The number of carbonyl (C=O) groups is 1. The smallest absolute Gasteiger partial charge is 0.242 e. The van der Waals surface area contributed by atoms with Crippen molar-refractivity contribution < 1.29 is 17.9 Å². The van der Waals surface area contributed by atoms with Crippen LogP contribution in [0.4, 0.5) is 5.95 Å². The average molecular weight is 495 g/mol. The van der Waals surface area contributed by atoms with Crippen LogP contribution in [-0.2, 0) is 14.6 Å². The number of sulfone groups is 1. The molecule has 5 rings (SSSR count). The van der Waals surface area contributed by atoms with Crippen LogP contribution in [0.3, 0.4) is 0 Å². The van der Waals surface area contributed by atoms with Gasteiger partial charge >= 0.3 is 0 Å². The molecule has 1 atom stereocenters. The van der Waals surface area contributed by atoms with E-state index in [0.717, 1.165) is 18.4 Å². The number of nitrogens with zero attached hydrogens (tertiary/aromatic N) is 4. The third kappa shape index (κ3) is 4.27. The van der Waals surface area contributed by atoms with Gasteiger partial charge in [0.1, 0.15) is 11.8 Å². The van der Waals surface area contributed by atoms with Crippen molar-refractivity contribution in [2.75, 3.05) is 24.7 Å². The number of amides is 1. The van der Waals surface area contributed by atoms with Crippen LogP contribution in [0.25, 0.3) is 27.9 Å². The quantitative estimate of drug-likeness (QED) is 0.419. The number of para-hydroxylation sites is 1. The lowest BCUT2D eigenvalue weighted by Crippen LogP contribution is -2.38. The molecule has 1 saturated heterocycles. The van der Waals surface area contributed by atoms with E-state index in [4.69, 9.17) is 9.72 Å². The third-order valence-corrected chi connectivity index (χ3v) is 7.93. The van der Waals surface area contributed by atoms with Gasteiger partial charge in [-0.15, -0.1) is 5.10 Å². The van der Waals surface area contributed by atoms with Crippen molar-refractivity contribution in [3.8, 4) is 17.1 Å². The molecule has 2 N–H and O–H groups in total. The van der Waals surface area contributed by atoms with Gasteiger partial charge in [0.15, 0.2) is 21.3 Å². The molecule has 11 heteroatoms. The normalized spacial score (nSPS) is 16.7. The second-order valence-electron chi connectivity index (χ2n) is 8.37. The van der Waals surface area contributed by atoms with Crippen LogP contribution in [0.15, 0.2) is 47.4 Å². The summed E-state index contributed by atoms with van der Waals surface area (Å²) in [6, 6.07) is 11.8. The Labute approximate surface area is 202 Å². The molecule has 0 spiro atoms. The molecule has 2 aromatic carbocycles. The highest BCUT2D eigenvalue weighted by atomic mass is 32.2. The van der Waals surface area contributed by atoms with Crippen molar-refractivity contribution in [2.45, 2.75) is 37.1 Å². The first kappa shape index (κ1) is 23.0. The average Bonchev–Trinajstić information content (AvgIpc) is 3.23. The lowest BCUT2D eigenvalue weighted by Gasteiger charge is -2.17. The summed E-state index contributed by atoms with van der Waals surface area (Å²) in [7, 11) is -1.96. The molecular formula is C24H26N6O4S. The van der Waals surface area contributed by atoms with Gasteiger partial charge in [0, 0.05) is 17.5 Å². The highest BCUT2D eigenvalue weighted by molar-refractivity contribution is 7.91. The van der Waals surface area contributed by atoms with Gasteiger partial charge in [-0.25, -0.2) is 18.4 Å². The van der Waals surface area contributed by atoms with Crippen LogP contribution in [0.2, 0.25) is 0 Å². The minimum Gasteiger partial charge on any atom is -0.497 e. The predicted octanol–water partition coefficient (Wildman–Crippen LogP) is 2.83. The maximum Gasteiger partial charge on any atom is 0.242 e. The number of aromatic nitrogens is 4. The van der Waals surface area contributed by atoms with Gasteiger partial charge in [0.05, 0.1) is 23.3 Å². The van der Waals surface area contributed by atoms with E-state index in [9.17, 15) is 13.2 Å². The summed E-state index contributed by atoms with van der Waals surface area (Å²) in [5.74, 6) is 1.24. The van der Waals surface area contributed by atoms with Gasteiger partial charge in [-0.1, -0.05) is 13.0 Å². The maximum absolute atomic E-state index is 12.9. The molecule has 2 aromatic heterocycles. The number of nitrogens with one attached hydrogen (secondary N) is 2. The van der Waals surface area contributed by atoms with Crippen LogP contribution in [-0.4, -0.2) is 59.4 Å². The van der Waals surface area contributed by atoms with E-state index in [1.54, 1.807) is 36.7 Å². The lowest BCUT2D eigenvalue weighted by atomic mass is 10.1. The Morgan fingerprint density at radius 1 is 1.14 bits per heavy atom. The van der Waals surface area contributed by atoms with Crippen molar-refractivity contribution in [1.82, 2.24) is 24.9 Å². The number of carbonyl (C=O) groups excluding carboxylic acids is 1. The fourth-order valence-corrected chi connectivity index (χ4v) is 5.25. The molecule has 1 amide bonds. The maximum atomic E-state index is 12.9. The molecule has 10 nitrogen and oxygen atoms in total. The molecule has 35 heavy (non-hydrogen) atoms. The zero-order valence-electron chi connectivity index (χ0n) is 19.5. The first-order valence-corrected chi connectivity index (χ1v) is 13.2. The number of hydrogen-bond donors (Lipinski definition) is 2. The topological polar surface area (TPSA) is 128 Å². The molecule has 182 valence electrons. The minimum atomic E-state index is -3.55. The van der Waals surface area contributed by atoms with Crippen molar-refractivity contribution >= 4 is 38.2 Å². The molecule has 0 unspecified atom stereocenters. The van der Waals surface area contributed by atoms with Gasteiger partial charge in [0.25, 0.3) is 0 Å². The fraction of sp³-hybridized carbons (Fsp3) is 0.333. The third-order valence-electron chi connectivity index (χ3n) is 6.17. The van der Waals surface area contributed by atoms with Crippen molar-refractivity contribution in [3.05, 3.63) is 42.5 Å². The second-order valence-corrected chi connectivity index (χ2v) is 10.6. The van der Waals surface area contributed by atoms with Crippen LogP contribution < -0.4 is 15.4 Å². The van der Waals surface area contributed by atoms with Crippen molar-refractivity contribution in [3.63, 3.8) is 0 Å². The highest BCUT2D eigenvalue weighted by Gasteiger charge is 2.25. The summed E-state index contributed by atoms with van der Waals surface area (Å²) in [4.78, 5) is 22.2. The standard InChI is InChI=1S/C24H26N6O4S/c1-3-35(32,33)19-9-6-7-17-20(19)27-24(26-18-8-4-5-14-25-23(18)31)30-22(17)28-21(29-30)15-10-12-16(34-2)13-11-15/h6-7,9-13,18H,3-5,8,14H2,1-2H3,(H,25,31)(H,26,27)/t18-/m1/s1. The van der Waals surface area contributed by atoms with E-state index in [1.807, 2.05) is 24.3 Å². The van der Waals surface area contributed by atoms with E-state index in [0.29, 0.717) is 41.1 Å². The highest BCUT2D eigenvalue weighted by Crippen LogP contribution is 2.30. The van der Waals surface area contributed by atoms with Crippen LogP contribution >= 0.6 is 0 Å². The minimum absolute atomic E-state index is 0.0590. The SMILES string of the molecule is CCS(=O)(=O)c1cccc2c1nc(N[C@@H]1CCCCNC1=O)n1nc(-c3ccc(OC)cc3)nc21. The zero-order chi connectivity index (χ0) is 24.6. The second kappa shape index (κ2) is 9.14. The Kier molecular flexibility index (Phi) is 6.01. The van der Waals surface area contributed by atoms with Gasteiger partial charge in [0.2, 0.25) is 11.9 Å². The number of fused-ring (bicyclic) bond motifs is 3. The lowest BCUT2D eigenvalue weighted by molar-refractivity contribution is -0.121. The van der Waals surface area contributed by atoms with Gasteiger partial charge in [-0.3, -0.25) is 4.79 Å². The van der Waals surface area contributed by atoms with Crippen LogP contribution in [0.1, 0.15) is 26.2 Å². The molecule has 0 aliphatic carbocycles. The van der Waals surface area contributed by atoms with Crippen LogP contribution in [0.5, 0.6) is 5.75 Å². The van der Waals surface area contributed by atoms with Gasteiger partial charge in [-0.2, -0.15) is 4.52 Å². The molecule has 1 aliphatic rings. The largest absolute Gasteiger partial charge is 0.497 e. The Morgan fingerprint density at radius 2 is 1.94 bits per heavy atom. The number of anilines is 1. The fourth-order valence-electron chi connectivity index (χ4n) is 4.20. The summed E-state index contributed by atoms with van der Waals surface area (Å²) in [6.45, 7) is 2.22. The molecule has 3 heterocycles. The number of benzene rings is 2. The molecule has 1 fully saturated rings. The summed E-state index contributed by atoms with van der Waals surface area (Å²) in [5.41, 5.74) is 1.51. The van der Waals surface area contributed by atoms with E-state index in [-0.39, 0.29) is 22.5 Å². The van der Waals surface area contributed by atoms with Gasteiger partial charge in [-0.05, 0) is 55.7 Å². The summed E-state index contributed by atoms with van der Waals surface area (Å²) >= 11 is 0. The molecule has 1 aliphatic heterocycles. The van der Waals surface area contributed by atoms with Gasteiger partial charge < -0.3 is 15.4 Å². The monoisotopic (exact) mass is 494 g/mol. The molecule has 0 bridgehead atoms. The first-order valence-electron chi connectivity index (χ1n) is 11.5. The molecular weight excluding hydrogens is 468 g/mol. The predicted molar refractivity (Wildman–Crippen MR) is 132 cm³/mol. The first-order chi connectivity index (χ1) is 16.9. The van der Waals surface area contributed by atoms with Crippen LogP contribution in [0, 0.1) is 0 Å². The Bertz CT molecular complexity index is 1510. The van der Waals surface area contributed by atoms with E-state index >= 15 is 0 Å². The summed E-state index contributed by atoms with van der Waals surface area (Å²) in [5, 5.41) is 11.3. The molecule has 4 aromatic rings. The Hall–Kier alpha value is -3.73. The number of methoxy groups -OCH3 is 1. The molecule has 0 radical (unpaired) electrons. The summed E-state index contributed by atoms with van der Waals surface area (Å²) < 4.78 is 32.5. The Balaban J connectivity index is 1.73. The van der Waals surface area contributed by atoms with E-state index in [1.165, 1.54) is 0 Å². The zero-order valence-corrected chi connectivity index (χ0v) is 20.3. The van der Waals surface area contributed by atoms with E-state index in [2.05, 4.69) is 20.7 Å². The number of ether oxygens (including phenoxy) is 1. The molecule has 0 saturated carbocycles.